The van der Waals surface area contributed by atoms with Gasteiger partial charge in [0.15, 0.2) is 0 Å². The third kappa shape index (κ3) is 23.5. The van der Waals surface area contributed by atoms with Crippen molar-refractivity contribution < 1.29 is 105 Å². The fraction of sp³-hybridized carbons (Fsp3) is 0.738. The number of methoxy groups -OCH3 is 4. The number of rotatable bonds is 26. The van der Waals surface area contributed by atoms with Gasteiger partial charge in [-0.2, -0.15) is 0 Å². The van der Waals surface area contributed by atoms with Crippen LogP contribution in [-0.2, 0) is 95.3 Å². The van der Waals surface area contributed by atoms with Crippen LogP contribution in [0.2, 0.25) is 0 Å². The summed E-state index contributed by atoms with van der Waals surface area (Å²) in [5.74, 6) is -4.11. The Morgan fingerprint density at radius 2 is 0.851 bits per heavy atom. The van der Waals surface area contributed by atoms with E-state index in [1.807, 2.05) is 55.4 Å². The van der Waals surface area contributed by atoms with Crippen LogP contribution < -0.4 is 0 Å². The van der Waals surface area contributed by atoms with E-state index in [4.69, 9.17) is 42.6 Å². The lowest BCUT2D eigenvalue weighted by Crippen LogP contribution is -2.60. The molecule has 6 rings (SSSR count). The summed E-state index contributed by atoms with van der Waals surface area (Å²) >= 11 is 0. The SMILES string of the molecule is CCC(C)(C)C(=O)OC12CC3CC(C1)CC(C(=O)OC)(C3)C2.CCC(C)(C)C(=O)OCCOC(=O)C1CCCCC1C(=O)OC.CCC(C)(C)C(=O)OCCOC(=O)CCC(=O)OC.CCC(C)(C)C(=O)OCCOC(=O)c1ccccc1C(=O)OC. The molecular formula is C65H100O22. The van der Waals surface area contributed by atoms with Crippen molar-refractivity contribution in [3.8, 4) is 0 Å². The standard InChI is InChI=1S/C18H28O4.C17H28O6.C17H22O6.C13H22O6/c1-5-16(2,3)14(19)22-18-9-12-6-13(10-18)8-17(7-12,11-18)15(20)21-4;2*1-5-17(2,3)16(20)23-11-10-22-15(19)13-9-7-6-8-12(13)14(18)21-4;1-5-13(2,3)12(16)19-9-8-18-11(15)7-6-10(14)17-4/h12-13H,5-11H2,1-4H3;12-13H,5-11H2,1-4H3;6-9H,5,10-11H2,1-4H3;5-9H2,1-4H3. The average Bonchev–Trinajstić information content (AvgIpc) is 0.767. The molecule has 4 atom stereocenters. The van der Waals surface area contributed by atoms with Crippen LogP contribution in [0.4, 0.5) is 0 Å². The highest BCUT2D eigenvalue weighted by atomic mass is 16.6. The number of hydrogen-bond acceptors (Lipinski definition) is 22. The van der Waals surface area contributed by atoms with Crippen molar-refractivity contribution in [1.82, 2.24) is 0 Å². The predicted molar refractivity (Wildman–Crippen MR) is 316 cm³/mol. The summed E-state index contributed by atoms with van der Waals surface area (Å²) in [7, 11) is 5.29. The first-order valence-corrected chi connectivity index (χ1v) is 30.4. The van der Waals surface area contributed by atoms with Crippen molar-refractivity contribution in [3.05, 3.63) is 35.4 Å². The second-order valence-corrected chi connectivity index (χ2v) is 25.3. The van der Waals surface area contributed by atoms with Crippen LogP contribution in [0.25, 0.3) is 0 Å². The number of ether oxygens (including phenoxy) is 11. The van der Waals surface area contributed by atoms with Crippen LogP contribution in [0.5, 0.6) is 0 Å². The molecule has 0 spiro atoms. The first-order chi connectivity index (χ1) is 40.7. The fourth-order valence-corrected chi connectivity index (χ4v) is 10.4. The first-order valence-electron chi connectivity index (χ1n) is 30.4. The van der Waals surface area contributed by atoms with Gasteiger partial charge >= 0.3 is 65.7 Å². The van der Waals surface area contributed by atoms with Gasteiger partial charge in [-0.15, -0.1) is 0 Å². The first kappa shape index (κ1) is 76.5. The largest absolute Gasteiger partial charge is 0.469 e. The van der Waals surface area contributed by atoms with E-state index in [2.05, 4.69) is 9.47 Å². The van der Waals surface area contributed by atoms with Gasteiger partial charge in [0.2, 0.25) is 0 Å². The van der Waals surface area contributed by atoms with E-state index in [0.29, 0.717) is 50.4 Å². The van der Waals surface area contributed by atoms with Gasteiger partial charge in [-0.25, -0.2) is 9.59 Å². The van der Waals surface area contributed by atoms with Crippen LogP contribution in [0.3, 0.4) is 0 Å². The van der Waals surface area contributed by atoms with E-state index in [-0.39, 0.29) is 99.4 Å². The number of esters is 11. The van der Waals surface area contributed by atoms with E-state index in [0.717, 1.165) is 44.9 Å². The molecule has 22 nitrogen and oxygen atoms in total. The van der Waals surface area contributed by atoms with Crippen molar-refractivity contribution in [2.75, 3.05) is 68.1 Å². The van der Waals surface area contributed by atoms with Crippen molar-refractivity contribution >= 4 is 65.7 Å². The minimum Gasteiger partial charge on any atom is -0.469 e. The summed E-state index contributed by atoms with van der Waals surface area (Å²) in [6.07, 6.45) is 11.3. The van der Waals surface area contributed by atoms with Gasteiger partial charge < -0.3 is 52.1 Å². The van der Waals surface area contributed by atoms with Crippen LogP contribution >= 0.6 is 0 Å². The van der Waals surface area contributed by atoms with Crippen LogP contribution in [-0.4, -0.2) is 139 Å². The molecule has 1 aromatic rings. The van der Waals surface area contributed by atoms with Gasteiger partial charge in [0.05, 0.1) is 91.3 Å². The quantitative estimate of drug-likeness (QED) is 0.0473. The summed E-state index contributed by atoms with van der Waals surface area (Å²) < 4.78 is 55.2. The normalized spacial score (nSPS) is 20.9. The second kappa shape index (κ2) is 35.4. The highest BCUT2D eigenvalue weighted by Crippen LogP contribution is 2.63. The zero-order valence-electron chi connectivity index (χ0n) is 54.7. The minimum absolute atomic E-state index is 0.00839. The molecule has 0 saturated heterocycles. The van der Waals surface area contributed by atoms with Crippen molar-refractivity contribution in [3.63, 3.8) is 0 Å². The number of benzene rings is 1. The molecule has 0 aliphatic heterocycles. The van der Waals surface area contributed by atoms with Gasteiger partial charge in [0.25, 0.3) is 0 Å². The van der Waals surface area contributed by atoms with E-state index < -0.39 is 74.4 Å². The molecule has 492 valence electrons. The fourth-order valence-electron chi connectivity index (χ4n) is 10.4. The molecule has 5 fully saturated rings. The molecule has 0 N–H and O–H groups in total. The molecule has 0 aromatic heterocycles. The van der Waals surface area contributed by atoms with E-state index in [1.165, 1.54) is 47.0 Å². The molecule has 87 heavy (non-hydrogen) atoms. The Kier molecular flexibility index (Phi) is 31.1. The Balaban J connectivity index is 0.000000397. The molecule has 4 unspecified atom stereocenters. The van der Waals surface area contributed by atoms with E-state index >= 15 is 0 Å². The van der Waals surface area contributed by atoms with Crippen molar-refractivity contribution in [2.24, 2.45) is 50.7 Å². The summed E-state index contributed by atoms with van der Waals surface area (Å²) in [5, 5.41) is 0. The van der Waals surface area contributed by atoms with Crippen molar-refractivity contribution in [1.29, 1.82) is 0 Å². The Bertz CT molecular complexity index is 2470. The third-order valence-electron chi connectivity index (χ3n) is 17.3. The second-order valence-electron chi connectivity index (χ2n) is 25.3. The molecule has 0 heterocycles. The molecule has 5 saturated carbocycles. The monoisotopic (exact) mass is 1230 g/mol. The maximum atomic E-state index is 12.6. The van der Waals surface area contributed by atoms with Gasteiger partial charge in [0.1, 0.15) is 45.2 Å². The smallest absolute Gasteiger partial charge is 0.339 e. The van der Waals surface area contributed by atoms with Gasteiger partial charge in [-0.3, -0.25) is 43.2 Å². The number of hydrogen-bond donors (Lipinski definition) is 0. The minimum atomic E-state index is -0.670. The Morgan fingerprint density at radius 1 is 0.448 bits per heavy atom. The van der Waals surface area contributed by atoms with Gasteiger partial charge in [-0.1, -0.05) is 52.7 Å². The van der Waals surface area contributed by atoms with Crippen molar-refractivity contribution in [2.45, 2.75) is 191 Å². The van der Waals surface area contributed by atoms with Gasteiger partial charge in [-0.05, 0) is 150 Å². The maximum Gasteiger partial charge on any atom is 0.339 e. The van der Waals surface area contributed by atoms with Crippen LogP contribution in [0.15, 0.2) is 24.3 Å². The molecule has 4 bridgehead atoms. The topological polar surface area (TPSA) is 289 Å². The highest BCUT2D eigenvalue weighted by molar-refractivity contribution is 6.03. The lowest BCUT2D eigenvalue weighted by Gasteiger charge is -2.60. The Morgan fingerprint density at radius 3 is 1.28 bits per heavy atom. The highest BCUT2D eigenvalue weighted by Gasteiger charge is 2.63. The summed E-state index contributed by atoms with van der Waals surface area (Å²) in [6, 6.07) is 6.19. The van der Waals surface area contributed by atoms with Crippen LogP contribution in [0.1, 0.15) is 207 Å². The maximum absolute atomic E-state index is 12.6. The van der Waals surface area contributed by atoms with Crippen LogP contribution in [0, 0.1) is 50.7 Å². The molecular weight excluding hydrogens is 1130 g/mol. The molecule has 0 radical (unpaired) electrons. The summed E-state index contributed by atoms with van der Waals surface area (Å²) in [6.45, 7) is 22.3. The Labute approximate surface area is 514 Å². The van der Waals surface area contributed by atoms with Gasteiger partial charge in [0, 0.05) is 6.42 Å². The molecule has 22 heteroatoms. The molecule has 0 amide bonds. The molecule has 1 aromatic carbocycles. The number of carbonyl (C=O) groups excluding carboxylic acids is 11. The van der Waals surface area contributed by atoms with E-state index in [1.54, 1.807) is 39.8 Å². The number of carbonyl (C=O) groups is 11. The predicted octanol–water partition coefficient (Wildman–Crippen LogP) is 10.0. The molecule has 5 aliphatic carbocycles. The van der Waals surface area contributed by atoms with E-state index in [9.17, 15) is 52.7 Å². The lowest BCUT2D eigenvalue weighted by atomic mass is 9.48. The third-order valence-corrected chi connectivity index (χ3v) is 17.3. The molecule has 5 aliphatic rings. The summed E-state index contributed by atoms with van der Waals surface area (Å²) in [5.41, 5.74) is -2.69. The Hall–Kier alpha value is -6.61. The zero-order valence-corrected chi connectivity index (χ0v) is 54.7. The summed E-state index contributed by atoms with van der Waals surface area (Å²) in [4.78, 5) is 130. The lowest BCUT2D eigenvalue weighted by molar-refractivity contribution is -0.217. The average molecular weight is 1230 g/mol. The zero-order chi connectivity index (χ0) is 66.0.